The predicted molar refractivity (Wildman–Crippen MR) is 135 cm³/mol. The predicted octanol–water partition coefficient (Wildman–Crippen LogP) is 3.76. The smallest absolute Gasteiger partial charge is 0.224 e. The summed E-state index contributed by atoms with van der Waals surface area (Å²) in [6, 6.07) is 4.31. The Morgan fingerprint density at radius 1 is 1.17 bits per heavy atom. The summed E-state index contributed by atoms with van der Waals surface area (Å²) < 4.78 is 18.8. The highest BCUT2D eigenvalue weighted by molar-refractivity contribution is 7.21. The maximum Gasteiger partial charge on any atom is 0.224 e. The van der Waals surface area contributed by atoms with Gasteiger partial charge in [0.2, 0.25) is 5.95 Å². The number of fused-ring (bicyclic) bond motifs is 1. The number of aryl methyl sites for hydroxylation is 3. The Morgan fingerprint density at radius 3 is 2.74 bits per heavy atom. The molecule has 3 heterocycles. The standard InChI is InChI=1S/C25H31N5O4S/c1-12-10-17-18(11-13(12)2)35-22(28-17)19-14(3)27-23(26-8-9-32-5)29-21(19)30-24-7-6-16-20(31)25(16,24)34-15(4)33-24/h10-11,15-16,20,31H,6-9H2,1-5H3,(H2,26,27,29,30). The van der Waals surface area contributed by atoms with Crippen LogP contribution in [0.25, 0.3) is 20.8 Å². The molecule has 35 heavy (non-hydrogen) atoms. The Morgan fingerprint density at radius 2 is 1.97 bits per heavy atom. The van der Waals surface area contributed by atoms with E-state index in [1.54, 1.807) is 18.4 Å². The summed E-state index contributed by atoms with van der Waals surface area (Å²) in [7, 11) is 1.66. The first-order valence-corrected chi connectivity index (χ1v) is 12.9. The zero-order valence-corrected chi connectivity index (χ0v) is 21.5. The van der Waals surface area contributed by atoms with Crippen LogP contribution in [0.4, 0.5) is 11.8 Å². The van der Waals surface area contributed by atoms with Gasteiger partial charge < -0.3 is 30.0 Å². The number of methoxy groups -OCH3 is 1. The van der Waals surface area contributed by atoms with E-state index in [9.17, 15) is 5.11 Å². The molecular weight excluding hydrogens is 466 g/mol. The third kappa shape index (κ3) is 3.38. The molecule has 2 saturated carbocycles. The Labute approximate surface area is 208 Å². The molecule has 1 spiro atoms. The molecule has 5 unspecified atom stereocenters. The van der Waals surface area contributed by atoms with E-state index in [0.717, 1.165) is 39.3 Å². The average Bonchev–Trinajstić information content (AvgIpc) is 3.10. The van der Waals surface area contributed by atoms with Gasteiger partial charge in [0.15, 0.2) is 17.6 Å². The van der Waals surface area contributed by atoms with Crippen LogP contribution >= 0.6 is 11.3 Å². The van der Waals surface area contributed by atoms with E-state index in [1.807, 2.05) is 13.8 Å². The van der Waals surface area contributed by atoms with Gasteiger partial charge in [-0.25, -0.2) is 9.97 Å². The lowest BCUT2D eigenvalue weighted by Gasteiger charge is -2.32. The van der Waals surface area contributed by atoms with Crippen LogP contribution in [0.5, 0.6) is 0 Å². The number of nitrogens with zero attached hydrogens (tertiary/aromatic N) is 3. The number of hydrogen-bond donors (Lipinski definition) is 3. The quantitative estimate of drug-likeness (QED) is 0.420. The normalized spacial score (nSPS) is 31.0. The molecule has 5 atom stereocenters. The lowest BCUT2D eigenvalue weighted by atomic mass is 10.0. The minimum Gasteiger partial charge on any atom is -0.389 e. The fourth-order valence-corrected chi connectivity index (χ4v) is 6.94. The molecule has 9 nitrogen and oxygen atoms in total. The van der Waals surface area contributed by atoms with E-state index >= 15 is 0 Å². The molecule has 3 N–H and O–H groups in total. The van der Waals surface area contributed by atoms with Gasteiger partial charge in [0.25, 0.3) is 0 Å². The van der Waals surface area contributed by atoms with Crippen LogP contribution in [-0.4, -0.2) is 64.0 Å². The number of ether oxygens (including phenoxy) is 3. The van der Waals surface area contributed by atoms with Crippen LogP contribution < -0.4 is 10.6 Å². The third-order valence-electron chi connectivity index (χ3n) is 7.65. The second-order valence-corrected chi connectivity index (χ2v) is 10.9. The molecular formula is C25H31N5O4S. The second kappa shape index (κ2) is 8.07. The Hall–Kier alpha value is -2.37. The third-order valence-corrected chi connectivity index (χ3v) is 8.68. The number of aliphatic hydroxyl groups is 1. The van der Waals surface area contributed by atoms with Gasteiger partial charge >= 0.3 is 0 Å². The van der Waals surface area contributed by atoms with Gasteiger partial charge in [0.1, 0.15) is 10.8 Å². The van der Waals surface area contributed by atoms with Gasteiger partial charge in [0.05, 0.1) is 34.2 Å². The van der Waals surface area contributed by atoms with Crippen molar-refractivity contribution in [3.63, 3.8) is 0 Å². The van der Waals surface area contributed by atoms with Crippen LogP contribution in [0.2, 0.25) is 0 Å². The van der Waals surface area contributed by atoms with Gasteiger partial charge in [0, 0.05) is 19.6 Å². The first-order valence-electron chi connectivity index (χ1n) is 12.1. The number of hydrogen-bond acceptors (Lipinski definition) is 10. The Balaban J connectivity index is 1.46. The van der Waals surface area contributed by atoms with E-state index in [0.29, 0.717) is 24.9 Å². The summed E-state index contributed by atoms with van der Waals surface area (Å²) >= 11 is 1.63. The fourth-order valence-electron chi connectivity index (χ4n) is 5.80. The second-order valence-electron chi connectivity index (χ2n) is 9.84. The zero-order chi connectivity index (χ0) is 24.5. The number of thiazole rings is 1. The summed E-state index contributed by atoms with van der Waals surface area (Å²) in [5.74, 6) is 1.20. The fraction of sp³-hybridized carbons (Fsp3) is 0.560. The number of aromatic nitrogens is 3. The molecule has 1 aliphatic heterocycles. The van der Waals surface area contributed by atoms with Crippen molar-refractivity contribution in [1.29, 1.82) is 0 Å². The van der Waals surface area contributed by atoms with Crippen LogP contribution in [0, 0.1) is 26.7 Å². The molecule has 10 heteroatoms. The van der Waals surface area contributed by atoms with Crippen molar-refractivity contribution in [3.8, 4) is 10.6 Å². The Kier molecular flexibility index (Phi) is 5.32. The monoisotopic (exact) mass is 497 g/mol. The van der Waals surface area contributed by atoms with E-state index in [4.69, 9.17) is 29.2 Å². The lowest BCUT2D eigenvalue weighted by Crippen LogP contribution is -2.49. The molecule has 1 saturated heterocycles. The largest absolute Gasteiger partial charge is 0.389 e. The average molecular weight is 498 g/mol. The SMILES string of the molecule is COCCNc1nc(C)c(-c2nc3cc(C)c(C)cc3s2)c(NC23CCC4C(O)C42OC(C)O3)n1. The zero-order valence-electron chi connectivity index (χ0n) is 20.6. The van der Waals surface area contributed by atoms with Crippen molar-refractivity contribution < 1.29 is 19.3 Å². The molecule has 6 rings (SSSR count). The maximum atomic E-state index is 10.7. The molecule has 0 bridgehead atoms. The van der Waals surface area contributed by atoms with Crippen molar-refractivity contribution in [1.82, 2.24) is 15.0 Å². The van der Waals surface area contributed by atoms with Crippen molar-refractivity contribution >= 4 is 33.3 Å². The molecule has 3 fully saturated rings. The highest BCUT2D eigenvalue weighted by atomic mass is 32.1. The number of anilines is 2. The van der Waals surface area contributed by atoms with Gasteiger partial charge in [-0.1, -0.05) is 0 Å². The molecule has 186 valence electrons. The summed E-state index contributed by atoms with van der Waals surface area (Å²) in [5, 5.41) is 18.4. The topological polar surface area (TPSA) is 111 Å². The summed E-state index contributed by atoms with van der Waals surface area (Å²) in [5.41, 5.74) is 3.46. The van der Waals surface area contributed by atoms with E-state index in [-0.39, 0.29) is 5.92 Å². The van der Waals surface area contributed by atoms with E-state index in [1.165, 1.54) is 11.1 Å². The number of aliphatic hydroxyl groups excluding tert-OH is 1. The van der Waals surface area contributed by atoms with Crippen molar-refractivity contribution in [2.75, 3.05) is 30.9 Å². The van der Waals surface area contributed by atoms with Gasteiger partial charge in [-0.3, -0.25) is 0 Å². The van der Waals surface area contributed by atoms with E-state index < -0.39 is 23.7 Å². The van der Waals surface area contributed by atoms with Crippen molar-refractivity contribution in [2.45, 2.75) is 64.3 Å². The molecule has 1 aromatic carbocycles. The van der Waals surface area contributed by atoms with Crippen molar-refractivity contribution in [2.24, 2.45) is 5.92 Å². The molecule has 2 aromatic heterocycles. The maximum absolute atomic E-state index is 10.7. The highest BCUT2D eigenvalue weighted by Gasteiger charge is 2.84. The lowest BCUT2D eigenvalue weighted by molar-refractivity contribution is -0.0764. The molecule has 0 radical (unpaired) electrons. The minimum absolute atomic E-state index is 0.0685. The van der Waals surface area contributed by atoms with E-state index in [2.05, 4.69) is 36.6 Å². The van der Waals surface area contributed by atoms with Crippen LogP contribution in [0.15, 0.2) is 12.1 Å². The first kappa shape index (κ1) is 23.1. The summed E-state index contributed by atoms with van der Waals surface area (Å²) in [4.78, 5) is 14.6. The molecule has 3 aromatic rings. The van der Waals surface area contributed by atoms with Gasteiger partial charge in [-0.15, -0.1) is 11.3 Å². The number of benzene rings is 1. The molecule has 2 aliphatic carbocycles. The first-order chi connectivity index (χ1) is 16.8. The van der Waals surface area contributed by atoms with Crippen LogP contribution in [0.1, 0.15) is 36.6 Å². The molecule has 0 amide bonds. The highest BCUT2D eigenvalue weighted by Crippen LogP contribution is 2.68. The minimum atomic E-state index is -0.848. The number of nitrogens with one attached hydrogen (secondary N) is 2. The van der Waals surface area contributed by atoms with Gasteiger partial charge in [-0.2, -0.15) is 4.98 Å². The summed E-state index contributed by atoms with van der Waals surface area (Å²) in [6.45, 7) is 9.19. The summed E-state index contributed by atoms with van der Waals surface area (Å²) in [6.07, 6.45) is 0.597. The van der Waals surface area contributed by atoms with Crippen LogP contribution in [0.3, 0.4) is 0 Å². The molecule has 3 aliphatic rings. The van der Waals surface area contributed by atoms with Crippen molar-refractivity contribution in [3.05, 3.63) is 29.0 Å². The Bertz CT molecular complexity index is 1280. The van der Waals surface area contributed by atoms with Gasteiger partial charge in [-0.05, 0) is 63.8 Å². The number of rotatable bonds is 7. The van der Waals surface area contributed by atoms with Crippen LogP contribution in [-0.2, 0) is 14.2 Å².